The number of nitrogens with one attached hydrogen (secondary N) is 2. The van der Waals surface area contributed by atoms with E-state index in [4.69, 9.17) is 0 Å². The van der Waals surface area contributed by atoms with E-state index in [1.54, 1.807) is 12.3 Å². The number of nitrogens with zero attached hydrogens (tertiary/aromatic N) is 4. The number of hydrogen-bond donors (Lipinski definition) is 2. The summed E-state index contributed by atoms with van der Waals surface area (Å²) < 4.78 is 24.3. The Balaban J connectivity index is 1.60. The van der Waals surface area contributed by atoms with Gasteiger partial charge in [-0.3, -0.25) is 0 Å². The van der Waals surface area contributed by atoms with Crippen molar-refractivity contribution in [2.24, 2.45) is 0 Å². The lowest BCUT2D eigenvalue weighted by Gasteiger charge is -2.13. The number of amides is 2. The molecule has 1 aliphatic rings. The number of hydrogen-bond acceptors (Lipinski definition) is 6. The molecule has 1 fully saturated rings. The minimum atomic E-state index is -3.02. The maximum atomic E-state index is 11.9. The summed E-state index contributed by atoms with van der Waals surface area (Å²) in [6, 6.07) is 2.85. The van der Waals surface area contributed by atoms with Crippen molar-refractivity contribution in [3.05, 3.63) is 36.5 Å². The number of pyridine rings is 1. The van der Waals surface area contributed by atoms with Gasteiger partial charge in [0.15, 0.2) is 15.7 Å². The molecular weight excluding hydrogens is 320 g/mol. The van der Waals surface area contributed by atoms with Crippen LogP contribution in [0.4, 0.5) is 4.79 Å². The maximum absolute atomic E-state index is 11.9. The van der Waals surface area contributed by atoms with Gasteiger partial charge in [0, 0.05) is 24.3 Å². The Labute approximate surface area is 133 Å². The fourth-order valence-electron chi connectivity index (χ4n) is 2.41. The largest absolute Gasteiger partial charge is 0.334 e. The van der Waals surface area contributed by atoms with Crippen molar-refractivity contribution in [1.82, 2.24) is 30.4 Å². The summed E-state index contributed by atoms with van der Waals surface area (Å²) in [4.78, 5) is 20.0. The van der Waals surface area contributed by atoms with Crippen LogP contribution in [0, 0.1) is 0 Å². The molecule has 1 aliphatic heterocycles. The first-order valence-corrected chi connectivity index (χ1v) is 8.89. The predicted octanol–water partition coefficient (Wildman–Crippen LogP) is -0.351. The van der Waals surface area contributed by atoms with Gasteiger partial charge in [0.2, 0.25) is 0 Å². The number of sulfone groups is 1. The first-order valence-electron chi connectivity index (χ1n) is 7.07. The summed E-state index contributed by atoms with van der Waals surface area (Å²) in [6.07, 6.45) is 5.01. The van der Waals surface area contributed by atoms with Crippen LogP contribution in [0.15, 0.2) is 31.0 Å². The monoisotopic (exact) mass is 336 g/mol. The van der Waals surface area contributed by atoms with E-state index in [1.165, 1.54) is 17.3 Å². The molecule has 2 amide bonds. The summed E-state index contributed by atoms with van der Waals surface area (Å²) in [7, 11) is -3.02. The van der Waals surface area contributed by atoms with Gasteiger partial charge in [-0.05, 0) is 12.5 Å². The van der Waals surface area contributed by atoms with Crippen molar-refractivity contribution >= 4 is 15.9 Å². The summed E-state index contributed by atoms with van der Waals surface area (Å²) >= 11 is 0. The van der Waals surface area contributed by atoms with Crippen molar-refractivity contribution in [2.75, 3.05) is 11.5 Å². The highest BCUT2D eigenvalue weighted by Crippen LogP contribution is 2.11. The van der Waals surface area contributed by atoms with Gasteiger partial charge < -0.3 is 10.6 Å². The van der Waals surface area contributed by atoms with Crippen LogP contribution in [0.25, 0.3) is 5.82 Å². The summed E-state index contributed by atoms with van der Waals surface area (Å²) in [5, 5.41) is 9.41. The molecule has 2 N–H and O–H groups in total. The molecule has 0 aromatic carbocycles. The van der Waals surface area contributed by atoms with Gasteiger partial charge in [-0.15, -0.1) is 0 Å². The molecule has 1 saturated heterocycles. The Morgan fingerprint density at radius 1 is 1.43 bits per heavy atom. The van der Waals surface area contributed by atoms with E-state index >= 15 is 0 Å². The number of carbonyl (C=O) groups is 1. The van der Waals surface area contributed by atoms with E-state index in [9.17, 15) is 13.2 Å². The lowest BCUT2D eigenvalue weighted by molar-refractivity contribution is 0.237. The quantitative estimate of drug-likeness (QED) is 0.787. The fourth-order valence-corrected chi connectivity index (χ4v) is 4.09. The molecule has 23 heavy (non-hydrogen) atoms. The zero-order valence-electron chi connectivity index (χ0n) is 12.2. The van der Waals surface area contributed by atoms with E-state index in [2.05, 4.69) is 25.7 Å². The Bertz CT molecular complexity index is 790. The highest BCUT2D eigenvalue weighted by atomic mass is 32.2. The number of carbonyl (C=O) groups excluding carboxylic acids is 1. The molecule has 10 heteroatoms. The summed E-state index contributed by atoms with van der Waals surface area (Å²) in [5.74, 6) is 0.697. The molecule has 1 atom stereocenters. The molecule has 0 aliphatic carbocycles. The second-order valence-electron chi connectivity index (χ2n) is 5.25. The molecule has 0 radical (unpaired) electrons. The van der Waals surface area contributed by atoms with Gasteiger partial charge in [-0.1, -0.05) is 6.07 Å². The topological polar surface area (TPSA) is 119 Å². The van der Waals surface area contributed by atoms with E-state index < -0.39 is 15.9 Å². The highest BCUT2D eigenvalue weighted by Gasteiger charge is 2.28. The van der Waals surface area contributed by atoms with Gasteiger partial charge in [0.05, 0.1) is 11.5 Å². The molecule has 2 aromatic heterocycles. The Kier molecular flexibility index (Phi) is 4.24. The minimum Gasteiger partial charge on any atom is -0.334 e. The maximum Gasteiger partial charge on any atom is 0.315 e. The number of aromatic nitrogens is 4. The number of urea groups is 1. The van der Waals surface area contributed by atoms with Crippen LogP contribution < -0.4 is 10.6 Å². The third-order valence-corrected chi connectivity index (χ3v) is 5.28. The van der Waals surface area contributed by atoms with Gasteiger partial charge >= 0.3 is 6.03 Å². The van der Waals surface area contributed by atoms with Crippen molar-refractivity contribution in [3.8, 4) is 5.82 Å². The predicted molar refractivity (Wildman–Crippen MR) is 81.6 cm³/mol. The second kappa shape index (κ2) is 6.32. The lowest BCUT2D eigenvalue weighted by atomic mass is 10.2. The summed E-state index contributed by atoms with van der Waals surface area (Å²) in [6.45, 7) is 0.244. The molecule has 122 valence electrons. The smallest absolute Gasteiger partial charge is 0.315 e. The first kappa shape index (κ1) is 15.4. The van der Waals surface area contributed by atoms with Gasteiger partial charge in [-0.2, -0.15) is 5.10 Å². The van der Waals surface area contributed by atoms with Crippen LogP contribution in [0.3, 0.4) is 0 Å². The zero-order chi connectivity index (χ0) is 16.3. The molecule has 0 saturated carbocycles. The van der Waals surface area contributed by atoms with Gasteiger partial charge in [0.1, 0.15) is 12.7 Å². The van der Waals surface area contributed by atoms with E-state index in [-0.39, 0.29) is 24.1 Å². The number of rotatable bonds is 4. The van der Waals surface area contributed by atoms with Crippen molar-refractivity contribution in [2.45, 2.75) is 19.0 Å². The van der Waals surface area contributed by atoms with Crippen LogP contribution in [0.5, 0.6) is 0 Å². The molecule has 0 unspecified atom stereocenters. The van der Waals surface area contributed by atoms with Crippen molar-refractivity contribution in [3.63, 3.8) is 0 Å². The fraction of sp³-hybridized carbons (Fsp3) is 0.385. The van der Waals surface area contributed by atoms with E-state index in [1.807, 2.05) is 6.07 Å². The third-order valence-electron chi connectivity index (χ3n) is 3.51. The van der Waals surface area contributed by atoms with Gasteiger partial charge in [0.25, 0.3) is 0 Å². The molecule has 0 bridgehead atoms. The van der Waals surface area contributed by atoms with Crippen LogP contribution in [-0.4, -0.2) is 51.7 Å². The zero-order valence-corrected chi connectivity index (χ0v) is 13.0. The van der Waals surface area contributed by atoms with Crippen LogP contribution in [0.1, 0.15) is 12.0 Å². The van der Waals surface area contributed by atoms with Crippen molar-refractivity contribution < 1.29 is 13.2 Å². The van der Waals surface area contributed by atoms with Crippen molar-refractivity contribution in [1.29, 1.82) is 0 Å². The van der Waals surface area contributed by atoms with Crippen LogP contribution >= 0.6 is 0 Å². The minimum absolute atomic E-state index is 0.00246. The Morgan fingerprint density at radius 3 is 3.00 bits per heavy atom. The van der Waals surface area contributed by atoms with Crippen LogP contribution in [0.2, 0.25) is 0 Å². The molecule has 3 rings (SSSR count). The highest BCUT2D eigenvalue weighted by molar-refractivity contribution is 7.91. The molecule has 2 aromatic rings. The SMILES string of the molecule is O=C(NCc1cccnc1-n1cncn1)N[C@@H]1CCS(=O)(=O)C1. The summed E-state index contributed by atoms with van der Waals surface area (Å²) in [5.41, 5.74) is 0.771. The Hall–Kier alpha value is -2.49. The van der Waals surface area contributed by atoms with Gasteiger partial charge in [-0.25, -0.2) is 27.9 Å². The van der Waals surface area contributed by atoms with Crippen LogP contribution in [-0.2, 0) is 16.4 Å². The normalized spacial score (nSPS) is 19.4. The molecule has 9 nitrogen and oxygen atoms in total. The standard InChI is InChI=1S/C13H16N6O3S/c20-13(18-11-3-5-23(21,22)7-11)16-6-10-2-1-4-15-12(10)19-9-14-8-17-19/h1-2,4,8-9,11H,3,5-7H2,(H2,16,18,20)/t11-/m1/s1. The van der Waals surface area contributed by atoms with E-state index in [0.717, 1.165) is 5.56 Å². The Morgan fingerprint density at radius 2 is 2.30 bits per heavy atom. The first-order chi connectivity index (χ1) is 11.0. The lowest BCUT2D eigenvalue weighted by Crippen LogP contribution is -2.42. The second-order valence-corrected chi connectivity index (χ2v) is 7.48. The average molecular weight is 336 g/mol. The third kappa shape index (κ3) is 3.83. The average Bonchev–Trinajstić information content (AvgIpc) is 3.15. The molecule has 3 heterocycles. The molecule has 0 spiro atoms. The van der Waals surface area contributed by atoms with E-state index in [0.29, 0.717) is 12.2 Å². The molecular formula is C13H16N6O3S.